The summed E-state index contributed by atoms with van der Waals surface area (Å²) in [5.41, 5.74) is 2.05. The van der Waals surface area contributed by atoms with E-state index in [4.69, 9.17) is 18.9 Å². The number of anilines is 1. The van der Waals surface area contributed by atoms with Gasteiger partial charge < -0.3 is 24.1 Å². The van der Waals surface area contributed by atoms with Crippen LogP contribution in [-0.2, 0) is 15.0 Å². The maximum atomic E-state index is 13.6. The first-order valence-electron chi connectivity index (χ1n) is 12.7. The topological polar surface area (TPSA) is 94.5 Å². The Morgan fingerprint density at radius 1 is 0.897 bits per heavy atom. The number of carbonyl (C=O) groups is 2. The molecule has 8 nitrogen and oxygen atoms in total. The molecule has 3 aromatic carbocycles. The standard InChI is InChI=1S/C31H31NO7/c1-31(2,3)22-16-19(8-12-23(22)37-5)28(33)26-27(18-6-10-21(36-4)11-7-18)32(30(35)29(26)34)20-9-13-24-25(17-20)39-15-14-38-24/h6-13,16-17,27,33H,14-15H2,1-5H3/b28-26+. The monoisotopic (exact) mass is 529 g/mol. The van der Waals surface area contributed by atoms with Crippen LogP contribution in [0.15, 0.2) is 66.2 Å². The summed E-state index contributed by atoms with van der Waals surface area (Å²) in [5.74, 6) is 0.550. The number of fused-ring (bicyclic) bond motifs is 1. The Kier molecular flexibility index (Phi) is 6.72. The second-order valence-corrected chi connectivity index (χ2v) is 10.4. The van der Waals surface area contributed by atoms with Crippen LogP contribution in [0.1, 0.15) is 43.5 Å². The molecule has 39 heavy (non-hydrogen) atoms. The largest absolute Gasteiger partial charge is 0.507 e. The molecule has 1 N–H and O–H groups in total. The first-order valence-corrected chi connectivity index (χ1v) is 12.7. The molecule has 5 rings (SSSR count). The number of ketones is 1. The fourth-order valence-electron chi connectivity index (χ4n) is 4.98. The van der Waals surface area contributed by atoms with E-state index in [1.807, 2.05) is 20.8 Å². The van der Waals surface area contributed by atoms with Crippen LogP contribution < -0.4 is 23.8 Å². The van der Waals surface area contributed by atoms with Gasteiger partial charge in [0.25, 0.3) is 11.7 Å². The fourth-order valence-corrected chi connectivity index (χ4v) is 4.98. The summed E-state index contributed by atoms with van der Waals surface area (Å²) in [6, 6.07) is 16.5. The molecule has 1 amide bonds. The molecule has 3 aromatic rings. The molecule has 1 atom stereocenters. The van der Waals surface area contributed by atoms with Gasteiger partial charge in [0.1, 0.15) is 30.5 Å². The van der Waals surface area contributed by atoms with Crippen molar-refractivity contribution in [2.24, 2.45) is 0 Å². The Morgan fingerprint density at radius 2 is 1.59 bits per heavy atom. The van der Waals surface area contributed by atoms with E-state index in [2.05, 4.69) is 0 Å². The first-order chi connectivity index (χ1) is 18.6. The molecule has 1 fully saturated rings. The molecule has 0 aromatic heterocycles. The number of carbonyl (C=O) groups excluding carboxylic acids is 2. The lowest BCUT2D eigenvalue weighted by atomic mass is 9.84. The van der Waals surface area contributed by atoms with Crippen molar-refractivity contribution < 1.29 is 33.6 Å². The first kappa shape index (κ1) is 26.2. The van der Waals surface area contributed by atoms with Crippen molar-refractivity contribution in [2.75, 3.05) is 32.3 Å². The highest BCUT2D eigenvalue weighted by Crippen LogP contribution is 2.45. The molecule has 0 bridgehead atoms. The molecule has 2 aliphatic rings. The molecule has 8 heteroatoms. The van der Waals surface area contributed by atoms with Crippen LogP contribution in [0.5, 0.6) is 23.0 Å². The Labute approximate surface area is 227 Å². The van der Waals surface area contributed by atoms with E-state index in [1.165, 1.54) is 4.90 Å². The Morgan fingerprint density at radius 3 is 2.23 bits per heavy atom. The van der Waals surface area contributed by atoms with Crippen LogP contribution in [0, 0.1) is 0 Å². The molecule has 0 aliphatic carbocycles. The summed E-state index contributed by atoms with van der Waals surface area (Å²) < 4.78 is 22.2. The fraction of sp³-hybridized carbons (Fsp3) is 0.290. The molecule has 1 saturated heterocycles. The summed E-state index contributed by atoms with van der Waals surface area (Å²) in [6.07, 6.45) is 0. The maximum Gasteiger partial charge on any atom is 0.300 e. The summed E-state index contributed by atoms with van der Waals surface area (Å²) >= 11 is 0. The zero-order valence-electron chi connectivity index (χ0n) is 22.6. The van der Waals surface area contributed by atoms with E-state index in [0.717, 1.165) is 5.56 Å². The Hall–Kier alpha value is -4.46. The second-order valence-electron chi connectivity index (χ2n) is 10.4. The molecule has 202 valence electrons. The average molecular weight is 530 g/mol. The molecule has 0 radical (unpaired) electrons. The smallest absolute Gasteiger partial charge is 0.300 e. The van der Waals surface area contributed by atoms with Gasteiger partial charge in [-0.1, -0.05) is 32.9 Å². The van der Waals surface area contributed by atoms with Gasteiger partial charge in [0.2, 0.25) is 0 Å². The highest BCUT2D eigenvalue weighted by molar-refractivity contribution is 6.51. The zero-order valence-corrected chi connectivity index (χ0v) is 22.6. The van der Waals surface area contributed by atoms with Crippen LogP contribution in [0.25, 0.3) is 5.76 Å². The van der Waals surface area contributed by atoms with Gasteiger partial charge in [-0.25, -0.2) is 0 Å². The number of hydrogen-bond donors (Lipinski definition) is 1. The number of methoxy groups -OCH3 is 2. The molecule has 2 heterocycles. The van der Waals surface area contributed by atoms with E-state index in [0.29, 0.717) is 53.0 Å². The maximum absolute atomic E-state index is 13.6. The minimum atomic E-state index is -0.890. The van der Waals surface area contributed by atoms with Gasteiger partial charge in [0.05, 0.1) is 25.8 Å². The number of benzene rings is 3. The van der Waals surface area contributed by atoms with Crippen molar-refractivity contribution in [3.63, 3.8) is 0 Å². The normalized spacial score (nSPS) is 18.3. The van der Waals surface area contributed by atoms with Crippen LogP contribution in [0.4, 0.5) is 5.69 Å². The van der Waals surface area contributed by atoms with Crippen LogP contribution >= 0.6 is 0 Å². The number of amides is 1. The van der Waals surface area contributed by atoms with Crippen molar-refractivity contribution in [1.82, 2.24) is 0 Å². The third kappa shape index (κ3) is 4.67. The van der Waals surface area contributed by atoms with Crippen LogP contribution in [0.3, 0.4) is 0 Å². The molecular formula is C31H31NO7. The van der Waals surface area contributed by atoms with Gasteiger partial charge in [-0.3, -0.25) is 14.5 Å². The zero-order chi connectivity index (χ0) is 27.9. The number of aliphatic hydroxyl groups excluding tert-OH is 1. The van der Waals surface area contributed by atoms with Crippen molar-refractivity contribution in [3.05, 3.63) is 82.9 Å². The van der Waals surface area contributed by atoms with Crippen molar-refractivity contribution in [2.45, 2.75) is 32.2 Å². The number of aliphatic hydroxyl groups is 1. The van der Waals surface area contributed by atoms with Crippen LogP contribution in [-0.4, -0.2) is 44.2 Å². The molecular weight excluding hydrogens is 498 g/mol. The summed E-state index contributed by atoms with van der Waals surface area (Å²) in [7, 11) is 3.15. The van der Waals surface area contributed by atoms with Crippen molar-refractivity contribution in [3.8, 4) is 23.0 Å². The summed E-state index contributed by atoms with van der Waals surface area (Å²) in [4.78, 5) is 28.5. The lowest BCUT2D eigenvalue weighted by Gasteiger charge is -2.27. The minimum Gasteiger partial charge on any atom is -0.507 e. The van der Waals surface area contributed by atoms with Crippen molar-refractivity contribution in [1.29, 1.82) is 0 Å². The Bertz CT molecular complexity index is 1470. The van der Waals surface area contributed by atoms with Gasteiger partial charge in [0, 0.05) is 22.9 Å². The molecule has 1 unspecified atom stereocenters. The second kappa shape index (κ2) is 10.0. The Balaban J connectivity index is 1.70. The van der Waals surface area contributed by atoms with Gasteiger partial charge >= 0.3 is 0 Å². The van der Waals surface area contributed by atoms with Crippen LogP contribution in [0.2, 0.25) is 0 Å². The van der Waals surface area contributed by atoms with E-state index in [9.17, 15) is 14.7 Å². The predicted molar refractivity (Wildman–Crippen MR) is 147 cm³/mol. The number of rotatable bonds is 5. The SMILES string of the molecule is COc1ccc(C2/C(=C(\O)c3ccc(OC)c(C(C)(C)C)c3)C(=O)C(=O)N2c2ccc3c(c2)OCCO3)cc1. The lowest BCUT2D eigenvalue weighted by molar-refractivity contribution is -0.132. The highest BCUT2D eigenvalue weighted by Gasteiger charge is 2.47. The van der Waals surface area contributed by atoms with E-state index < -0.39 is 17.7 Å². The average Bonchev–Trinajstić information content (AvgIpc) is 3.21. The third-order valence-electron chi connectivity index (χ3n) is 6.96. The summed E-state index contributed by atoms with van der Waals surface area (Å²) in [6.45, 7) is 6.92. The number of Topliss-reactive ketones (excluding diaryl/α,β-unsaturated/α-hetero) is 1. The molecule has 2 aliphatic heterocycles. The van der Waals surface area contributed by atoms with Gasteiger partial charge in [-0.2, -0.15) is 0 Å². The number of hydrogen-bond acceptors (Lipinski definition) is 7. The van der Waals surface area contributed by atoms with Gasteiger partial charge in [-0.05, 0) is 53.4 Å². The summed E-state index contributed by atoms with van der Waals surface area (Å²) in [5, 5.41) is 11.6. The molecule has 0 spiro atoms. The lowest BCUT2D eigenvalue weighted by Crippen LogP contribution is -2.29. The van der Waals surface area contributed by atoms with Gasteiger partial charge in [0.15, 0.2) is 11.5 Å². The van der Waals surface area contributed by atoms with Crippen molar-refractivity contribution >= 4 is 23.1 Å². The quantitative estimate of drug-likeness (QED) is 0.269. The van der Waals surface area contributed by atoms with E-state index >= 15 is 0 Å². The molecule has 0 saturated carbocycles. The van der Waals surface area contributed by atoms with E-state index in [1.54, 1.807) is 74.9 Å². The number of ether oxygens (including phenoxy) is 4. The number of nitrogens with zero attached hydrogens (tertiary/aromatic N) is 1. The minimum absolute atomic E-state index is 0.00918. The highest BCUT2D eigenvalue weighted by atomic mass is 16.6. The predicted octanol–water partition coefficient (Wildman–Crippen LogP) is 5.40. The van der Waals surface area contributed by atoms with Gasteiger partial charge in [-0.15, -0.1) is 0 Å². The van der Waals surface area contributed by atoms with E-state index in [-0.39, 0.29) is 16.7 Å². The third-order valence-corrected chi connectivity index (χ3v) is 6.96.